The lowest BCUT2D eigenvalue weighted by Crippen LogP contribution is -2.48. The summed E-state index contributed by atoms with van der Waals surface area (Å²) in [5.41, 5.74) is 3.11. The zero-order valence-corrected chi connectivity index (χ0v) is 18.1. The molecular weight excluding hydrogens is 410 g/mol. The standard InChI is InChI=1S/C23H25N5O2S/c1-16-13-26-28(15-16)10-5-9-24-22(29)20(27-23(30)21-8-4-11-31-21)12-17-14-25-19-7-3-2-6-18(17)19/h2-4,6-8,11,13-15,20,25H,5,9-10,12H2,1H3,(H,24,29)(H,27,30). The fourth-order valence-corrected chi connectivity index (χ4v) is 4.16. The summed E-state index contributed by atoms with van der Waals surface area (Å²) in [7, 11) is 0. The van der Waals surface area contributed by atoms with Crippen molar-refractivity contribution in [3.63, 3.8) is 0 Å². The van der Waals surface area contributed by atoms with Crippen molar-refractivity contribution in [2.24, 2.45) is 0 Å². The molecule has 3 N–H and O–H groups in total. The molecule has 0 radical (unpaired) electrons. The van der Waals surface area contributed by atoms with Crippen molar-refractivity contribution in [1.29, 1.82) is 0 Å². The van der Waals surface area contributed by atoms with Gasteiger partial charge in [-0.3, -0.25) is 14.3 Å². The van der Waals surface area contributed by atoms with Crippen molar-refractivity contribution in [2.45, 2.75) is 32.4 Å². The van der Waals surface area contributed by atoms with E-state index in [-0.39, 0.29) is 11.8 Å². The van der Waals surface area contributed by atoms with E-state index in [1.807, 2.05) is 65.9 Å². The van der Waals surface area contributed by atoms with Crippen LogP contribution in [0.2, 0.25) is 0 Å². The van der Waals surface area contributed by atoms with Gasteiger partial charge in [-0.2, -0.15) is 5.10 Å². The monoisotopic (exact) mass is 435 g/mol. The predicted molar refractivity (Wildman–Crippen MR) is 122 cm³/mol. The smallest absolute Gasteiger partial charge is 0.262 e. The summed E-state index contributed by atoms with van der Waals surface area (Å²) in [5.74, 6) is -0.422. The van der Waals surface area contributed by atoms with Crippen LogP contribution < -0.4 is 10.6 Å². The van der Waals surface area contributed by atoms with Crippen molar-refractivity contribution in [3.8, 4) is 0 Å². The molecule has 0 aliphatic heterocycles. The number of hydrogen-bond acceptors (Lipinski definition) is 4. The van der Waals surface area contributed by atoms with E-state index >= 15 is 0 Å². The van der Waals surface area contributed by atoms with Crippen LogP contribution in [0.4, 0.5) is 0 Å². The SMILES string of the molecule is Cc1cnn(CCCNC(=O)C(Cc2c[nH]c3ccccc23)NC(=O)c2cccs2)c1. The molecule has 4 aromatic rings. The number of aromatic amines is 1. The number of fused-ring (bicyclic) bond motifs is 1. The second-order valence-corrected chi connectivity index (χ2v) is 8.44. The van der Waals surface area contributed by atoms with Gasteiger partial charge in [-0.15, -0.1) is 11.3 Å². The van der Waals surface area contributed by atoms with Crippen molar-refractivity contribution in [1.82, 2.24) is 25.4 Å². The molecular formula is C23H25N5O2S. The lowest BCUT2D eigenvalue weighted by atomic mass is 10.0. The van der Waals surface area contributed by atoms with Crippen molar-refractivity contribution >= 4 is 34.1 Å². The highest BCUT2D eigenvalue weighted by molar-refractivity contribution is 7.12. The summed E-state index contributed by atoms with van der Waals surface area (Å²) < 4.78 is 1.86. The van der Waals surface area contributed by atoms with Gasteiger partial charge in [0.05, 0.1) is 11.1 Å². The van der Waals surface area contributed by atoms with Gasteiger partial charge >= 0.3 is 0 Å². The summed E-state index contributed by atoms with van der Waals surface area (Å²) in [6, 6.07) is 10.9. The van der Waals surface area contributed by atoms with Crippen LogP contribution >= 0.6 is 11.3 Å². The van der Waals surface area contributed by atoms with Crippen molar-refractivity contribution in [2.75, 3.05) is 6.54 Å². The highest BCUT2D eigenvalue weighted by Gasteiger charge is 2.23. The minimum Gasteiger partial charge on any atom is -0.361 e. The van der Waals surface area contributed by atoms with Crippen LogP contribution in [0.25, 0.3) is 10.9 Å². The Bertz CT molecular complexity index is 1160. The van der Waals surface area contributed by atoms with Gasteiger partial charge in [-0.05, 0) is 42.0 Å². The van der Waals surface area contributed by atoms with Crippen LogP contribution in [0.1, 0.15) is 27.2 Å². The van der Waals surface area contributed by atoms with E-state index in [9.17, 15) is 9.59 Å². The Labute approximate surface area is 184 Å². The number of H-pyrrole nitrogens is 1. The Morgan fingerprint density at radius 2 is 2.10 bits per heavy atom. The molecule has 8 heteroatoms. The van der Waals surface area contributed by atoms with Crippen LogP contribution in [-0.4, -0.2) is 39.2 Å². The van der Waals surface area contributed by atoms with E-state index in [1.54, 1.807) is 6.07 Å². The molecule has 1 aromatic carbocycles. The zero-order valence-electron chi connectivity index (χ0n) is 17.3. The molecule has 7 nitrogen and oxygen atoms in total. The molecule has 1 unspecified atom stereocenters. The Morgan fingerprint density at radius 3 is 2.87 bits per heavy atom. The number of carbonyl (C=O) groups excluding carboxylic acids is 2. The molecule has 1 atom stereocenters. The van der Waals surface area contributed by atoms with Crippen LogP contribution in [0.15, 0.2) is 60.4 Å². The quantitative estimate of drug-likeness (QED) is 0.352. The fourth-order valence-electron chi connectivity index (χ4n) is 3.53. The van der Waals surface area contributed by atoms with Crippen LogP contribution in [-0.2, 0) is 17.8 Å². The van der Waals surface area contributed by atoms with Crippen LogP contribution in [0, 0.1) is 6.92 Å². The molecule has 3 aromatic heterocycles. The third-order valence-electron chi connectivity index (χ3n) is 5.09. The number of rotatable bonds is 9. The number of aryl methyl sites for hydroxylation is 2. The number of carbonyl (C=O) groups is 2. The normalized spacial score (nSPS) is 12.0. The van der Waals surface area contributed by atoms with E-state index in [4.69, 9.17) is 0 Å². The summed E-state index contributed by atoms with van der Waals surface area (Å²) in [6.45, 7) is 3.23. The van der Waals surface area contributed by atoms with Gasteiger partial charge in [0.1, 0.15) is 6.04 Å². The van der Waals surface area contributed by atoms with E-state index in [0.29, 0.717) is 17.8 Å². The van der Waals surface area contributed by atoms with Crippen LogP contribution in [0.5, 0.6) is 0 Å². The van der Waals surface area contributed by atoms with Gasteiger partial charge < -0.3 is 15.6 Å². The van der Waals surface area contributed by atoms with Gasteiger partial charge in [0.25, 0.3) is 5.91 Å². The zero-order chi connectivity index (χ0) is 21.6. The second-order valence-electron chi connectivity index (χ2n) is 7.49. The third kappa shape index (κ3) is 5.21. The Hall–Kier alpha value is -3.39. The molecule has 0 aliphatic carbocycles. The van der Waals surface area contributed by atoms with E-state index < -0.39 is 6.04 Å². The largest absolute Gasteiger partial charge is 0.361 e. The lowest BCUT2D eigenvalue weighted by molar-refractivity contribution is -0.122. The molecule has 3 heterocycles. The van der Waals surface area contributed by atoms with Gasteiger partial charge in [0.15, 0.2) is 0 Å². The number of benzene rings is 1. The number of thiophene rings is 1. The number of nitrogens with zero attached hydrogens (tertiary/aromatic N) is 2. The average Bonchev–Trinajstić information content (AvgIpc) is 3.52. The highest BCUT2D eigenvalue weighted by atomic mass is 32.1. The first-order valence-electron chi connectivity index (χ1n) is 10.3. The molecule has 0 fully saturated rings. The average molecular weight is 436 g/mol. The second kappa shape index (κ2) is 9.61. The molecule has 0 spiro atoms. The van der Waals surface area contributed by atoms with Gasteiger partial charge in [-0.1, -0.05) is 24.3 Å². The Kier molecular flexibility index (Phi) is 6.47. The van der Waals surface area contributed by atoms with Crippen LogP contribution in [0.3, 0.4) is 0 Å². The van der Waals surface area contributed by atoms with Crippen molar-refractivity contribution in [3.05, 3.63) is 76.4 Å². The molecule has 160 valence electrons. The van der Waals surface area contributed by atoms with E-state index in [1.165, 1.54) is 11.3 Å². The minimum absolute atomic E-state index is 0.188. The third-order valence-corrected chi connectivity index (χ3v) is 5.96. The fraction of sp³-hybridized carbons (Fsp3) is 0.261. The first-order valence-corrected chi connectivity index (χ1v) is 11.1. The minimum atomic E-state index is -0.666. The number of hydrogen-bond donors (Lipinski definition) is 3. The first-order chi connectivity index (χ1) is 15.1. The molecule has 2 amide bonds. The van der Waals surface area contributed by atoms with E-state index in [0.717, 1.165) is 35.0 Å². The highest BCUT2D eigenvalue weighted by Crippen LogP contribution is 2.19. The summed E-state index contributed by atoms with van der Waals surface area (Å²) in [6.07, 6.45) is 6.86. The van der Waals surface area contributed by atoms with Crippen molar-refractivity contribution < 1.29 is 9.59 Å². The number of nitrogens with one attached hydrogen (secondary N) is 3. The molecule has 0 saturated carbocycles. The number of amides is 2. The molecule has 0 saturated heterocycles. The molecule has 0 aliphatic rings. The summed E-state index contributed by atoms with van der Waals surface area (Å²) in [5, 5.41) is 13.0. The maximum absolute atomic E-state index is 13.0. The molecule has 4 rings (SSSR count). The van der Waals surface area contributed by atoms with E-state index in [2.05, 4.69) is 20.7 Å². The summed E-state index contributed by atoms with van der Waals surface area (Å²) >= 11 is 1.36. The summed E-state index contributed by atoms with van der Waals surface area (Å²) in [4.78, 5) is 29.4. The van der Waals surface area contributed by atoms with Gasteiger partial charge in [0.2, 0.25) is 5.91 Å². The maximum Gasteiger partial charge on any atom is 0.262 e. The molecule has 31 heavy (non-hydrogen) atoms. The maximum atomic E-state index is 13.0. The van der Waals surface area contributed by atoms with Gasteiger partial charge in [0, 0.05) is 42.8 Å². The lowest BCUT2D eigenvalue weighted by Gasteiger charge is -2.18. The first kappa shape index (κ1) is 20.9. The Morgan fingerprint density at radius 1 is 1.23 bits per heavy atom. The molecule has 0 bridgehead atoms. The topological polar surface area (TPSA) is 91.8 Å². The number of aromatic nitrogens is 3. The van der Waals surface area contributed by atoms with Gasteiger partial charge in [-0.25, -0.2) is 0 Å². The Balaban J connectivity index is 1.42. The number of para-hydroxylation sites is 1. The predicted octanol–water partition coefficient (Wildman–Crippen LogP) is 3.28.